The zero-order valence-electron chi connectivity index (χ0n) is 14.1. The molecular weight excluding hydrogens is 262 g/mol. The van der Waals surface area contributed by atoms with Gasteiger partial charge in [-0.1, -0.05) is 44.8 Å². The molecular formula is C18H35NO2. The first kappa shape index (κ1) is 18.7. The van der Waals surface area contributed by atoms with E-state index in [9.17, 15) is 5.11 Å². The SMILES string of the molecule is CCCCC(CC)COCC(O)CNCCC1=CCCC1. The van der Waals surface area contributed by atoms with E-state index >= 15 is 0 Å². The molecule has 0 saturated heterocycles. The van der Waals surface area contributed by atoms with Gasteiger partial charge >= 0.3 is 0 Å². The zero-order chi connectivity index (χ0) is 15.3. The molecule has 0 radical (unpaired) electrons. The van der Waals surface area contributed by atoms with Crippen LogP contribution in [-0.4, -0.2) is 37.5 Å². The summed E-state index contributed by atoms with van der Waals surface area (Å²) in [5.41, 5.74) is 1.58. The van der Waals surface area contributed by atoms with E-state index in [1.807, 2.05) is 0 Å². The minimum atomic E-state index is -0.383. The first-order chi connectivity index (χ1) is 10.3. The maximum Gasteiger partial charge on any atom is 0.0897 e. The van der Waals surface area contributed by atoms with Crippen molar-refractivity contribution in [3.8, 4) is 0 Å². The van der Waals surface area contributed by atoms with E-state index in [2.05, 4.69) is 25.2 Å². The monoisotopic (exact) mass is 297 g/mol. The minimum Gasteiger partial charge on any atom is -0.389 e. The Morgan fingerprint density at radius 1 is 1.33 bits per heavy atom. The summed E-state index contributed by atoms with van der Waals surface area (Å²) in [7, 11) is 0. The minimum absolute atomic E-state index is 0.383. The summed E-state index contributed by atoms with van der Waals surface area (Å²) in [5, 5.41) is 13.2. The molecule has 0 aliphatic heterocycles. The highest BCUT2D eigenvalue weighted by Crippen LogP contribution is 2.19. The normalized spacial score (nSPS) is 17.8. The van der Waals surface area contributed by atoms with Gasteiger partial charge < -0.3 is 15.2 Å². The maximum absolute atomic E-state index is 9.90. The molecule has 0 bridgehead atoms. The Balaban J connectivity index is 1.96. The van der Waals surface area contributed by atoms with Crippen molar-refractivity contribution >= 4 is 0 Å². The van der Waals surface area contributed by atoms with E-state index in [-0.39, 0.29) is 6.10 Å². The van der Waals surface area contributed by atoms with Crippen molar-refractivity contribution in [3.63, 3.8) is 0 Å². The lowest BCUT2D eigenvalue weighted by Crippen LogP contribution is -2.31. The molecule has 1 aliphatic carbocycles. The summed E-state index contributed by atoms with van der Waals surface area (Å²) >= 11 is 0. The van der Waals surface area contributed by atoms with Crippen LogP contribution >= 0.6 is 0 Å². The van der Waals surface area contributed by atoms with Crippen LogP contribution in [0.5, 0.6) is 0 Å². The van der Waals surface area contributed by atoms with Crippen molar-refractivity contribution in [1.82, 2.24) is 5.32 Å². The maximum atomic E-state index is 9.90. The highest BCUT2D eigenvalue weighted by Gasteiger charge is 2.09. The molecule has 0 aromatic rings. The number of unbranched alkanes of at least 4 members (excludes halogenated alkanes) is 1. The number of aliphatic hydroxyl groups excluding tert-OH is 1. The fraction of sp³-hybridized carbons (Fsp3) is 0.889. The fourth-order valence-electron chi connectivity index (χ4n) is 2.81. The predicted molar refractivity (Wildman–Crippen MR) is 89.6 cm³/mol. The number of nitrogens with one attached hydrogen (secondary N) is 1. The van der Waals surface area contributed by atoms with Crippen LogP contribution in [0.2, 0.25) is 0 Å². The lowest BCUT2D eigenvalue weighted by atomic mass is 10.0. The number of allylic oxidation sites excluding steroid dienone is 1. The molecule has 2 N–H and O–H groups in total. The van der Waals surface area contributed by atoms with Crippen LogP contribution in [-0.2, 0) is 4.74 Å². The van der Waals surface area contributed by atoms with Gasteiger partial charge in [0.25, 0.3) is 0 Å². The molecule has 3 nitrogen and oxygen atoms in total. The Hall–Kier alpha value is -0.380. The first-order valence-electron chi connectivity index (χ1n) is 8.90. The molecule has 0 heterocycles. The largest absolute Gasteiger partial charge is 0.389 e. The van der Waals surface area contributed by atoms with Gasteiger partial charge in [-0.2, -0.15) is 0 Å². The van der Waals surface area contributed by atoms with Crippen LogP contribution < -0.4 is 5.32 Å². The van der Waals surface area contributed by atoms with E-state index in [1.54, 1.807) is 5.57 Å². The molecule has 0 saturated carbocycles. The van der Waals surface area contributed by atoms with Crippen molar-refractivity contribution in [3.05, 3.63) is 11.6 Å². The summed E-state index contributed by atoms with van der Waals surface area (Å²) < 4.78 is 5.67. The van der Waals surface area contributed by atoms with E-state index in [1.165, 1.54) is 44.9 Å². The molecule has 3 heteroatoms. The van der Waals surface area contributed by atoms with Gasteiger partial charge in [0.1, 0.15) is 0 Å². The van der Waals surface area contributed by atoms with Gasteiger partial charge in [0.05, 0.1) is 12.7 Å². The van der Waals surface area contributed by atoms with Crippen LogP contribution in [0.25, 0.3) is 0 Å². The summed E-state index contributed by atoms with van der Waals surface area (Å²) in [6.07, 6.45) is 11.9. The third-order valence-electron chi connectivity index (χ3n) is 4.34. The lowest BCUT2D eigenvalue weighted by molar-refractivity contribution is 0.0195. The second-order valence-corrected chi connectivity index (χ2v) is 6.32. The van der Waals surface area contributed by atoms with Gasteiger partial charge in [-0.15, -0.1) is 0 Å². The fourth-order valence-corrected chi connectivity index (χ4v) is 2.81. The van der Waals surface area contributed by atoms with Crippen LogP contribution in [0.3, 0.4) is 0 Å². The molecule has 1 rings (SSSR count). The van der Waals surface area contributed by atoms with Gasteiger partial charge in [-0.25, -0.2) is 0 Å². The zero-order valence-corrected chi connectivity index (χ0v) is 14.1. The van der Waals surface area contributed by atoms with Crippen molar-refractivity contribution in [1.29, 1.82) is 0 Å². The van der Waals surface area contributed by atoms with Gasteiger partial charge in [0.15, 0.2) is 0 Å². The molecule has 1 aliphatic rings. The number of ether oxygens (including phenoxy) is 1. The summed E-state index contributed by atoms with van der Waals surface area (Å²) in [5.74, 6) is 0.652. The molecule has 21 heavy (non-hydrogen) atoms. The van der Waals surface area contributed by atoms with E-state index in [0.717, 1.165) is 19.6 Å². The molecule has 2 atom stereocenters. The standard InChI is InChI=1S/C18H35NO2/c1-3-5-8-16(4-2)14-21-15-18(20)13-19-12-11-17-9-6-7-10-17/h9,16,18-20H,3-8,10-15H2,1-2H3. The van der Waals surface area contributed by atoms with Crippen LogP contribution in [0.15, 0.2) is 11.6 Å². The molecule has 2 unspecified atom stereocenters. The Kier molecular flexibility index (Phi) is 10.8. The summed E-state index contributed by atoms with van der Waals surface area (Å²) in [6, 6.07) is 0. The second-order valence-electron chi connectivity index (χ2n) is 6.32. The summed E-state index contributed by atoms with van der Waals surface area (Å²) in [6.45, 7) is 7.30. The van der Waals surface area contributed by atoms with Crippen molar-refractivity contribution in [2.75, 3.05) is 26.3 Å². The third-order valence-corrected chi connectivity index (χ3v) is 4.34. The molecule has 124 valence electrons. The van der Waals surface area contributed by atoms with E-state index in [4.69, 9.17) is 4.74 Å². The van der Waals surface area contributed by atoms with E-state index < -0.39 is 0 Å². The molecule has 0 spiro atoms. The Labute approximate surface area is 131 Å². The molecule has 0 amide bonds. The van der Waals surface area contributed by atoms with Crippen LogP contribution in [0.1, 0.15) is 65.2 Å². The topological polar surface area (TPSA) is 41.5 Å². The molecule has 0 fully saturated rings. The predicted octanol–water partition coefficient (Wildman–Crippen LogP) is 3.67. The highest BCUT2D eigenvalue weighted by atomic mass is 16.5. The van der Waals surface area contributed by atoms with Crippen molar-refractivity contribution < 1.29 is 9.84 Å². The van der Waals surface area contributed by atoms with Gasteiger partial charge in [-0.05, 0) is 44.6 Å². The highest BCUT2D eigenvalue weighted by molar-refractivity contribution is 5.07. The Bertz CT molecular complexity index is 278. The first-order valence-corrected chi connectivity index (χ1v) is 8.90. The molecule has 0 aromatic heterocycles. The van der Waals surface area contributed by atoms with Crippen LogP contribution in [0.4, 0.5) is 0 Å². The Morgan fingerprint density at radius 2 is 2.19 bits per heavy atom. The van der Waals surface area contributed by atoms with Crippen molar-refractivity contribution in [2.24, 2.45) is 5.92 Å². The lowest BCUT2D eigenvalue weighted by Gasteiger charge is -2.17. The van der Waals surface area contributed by atoms with Gasteiger partial charge in [-0.3, -0.25) is 0 Å². The quantitative estimate of drug-likeness (QED) is 0.402. The number of rotatable bonds is 13. The smallest absolute Gasteiger partial charge is 0.0897 e. The van der Waals surface area contributed by atoms with Gasteiger partial charge in [0, 0.05) is 13.2 Å². The average Bonchev–Trinajstić information content (AvgIpc) is 3.00. The second kappa shape index (κ2) is 12.2. The Morgan fingerprint density at radius 3 is 2.86 bits per heavy atom. The number of hydrogen-bond acceptors (Lipinski definition) is 3. The number of aliphatic hydroxyl groups is 1. The number of hydrogen-bond donors (Lipinski definition) is 2. The third kappa shape index (κ3) is 9.28. The van der Waals surface area contributed by atoms with Gasteiger partial charge in [0.2, 0.25) is 0 Å². The summed E-state index contributed by atoms with van der Waals surface area (Å²) in [4.78, 5) is 0. The van der Waals surface area contributed by atoms with Crippen molar-refractivity contribution in [2.45, 2.75) is 71.3 Å². The van der Waals surface area contributed by atoms with Crippen LogP contribution in [0, 0.1) is 5.92 Å². The average molecular weight is 297 g/mol. The molecule has 0 aromatic carbocycles. The van der Waals surface area contributed by atoms with E-state index in [0.29, 0.717) is 19.1 Å².